The van der Waals surface area contributed by atoms with Crippen molar-refractivity contribution in [3.63, 3.8) is 0 Å². The van der Waals surface area contributed by atoms with E-state index in [4.69, 9.17) is 4.42 Å². The molecular formula is C17H16FNO. The predicted octanol–water partition coefficient (Wildman–Crippen LogP) is 4.19. The minimum Gasteiger partial charge on any atom is -0.464 e. The lowest BCUT2D eigenvalue weighted by Crippen LogP contribution is -2.18. The first kappa shape index (κ1) is 12.9. The number of furan rings is 1. The van der Waals surface area contributed by atoms with Crippen molar-refractivity contribution in [3.8, 4) is 0 Å². The number of benzene rings is 2. The third kappa shape index (κ3) is 2.10. The monoisotopic (exact) mass is 269 g/mol. The van der Waals surface area contributed by atoms with E-state index in [1.165, 1.54) is 6.07 Å². The Labute approximate surface area is 117 Å². The number of aryl methyl sites for hydroxylation is 1. The fourth-order valence-electron chi connectivity index (χ4n) is 2.66. The molecule has 0 radical (unpaired) electrons. The summed E-state index contributed by atoms with van der Waals surface area (Å²) in [7, 11) is 1.90. The Hall–Kier alpha value is -2.13. The van der Waals surface area contributed by atoms with E-state index >= 15 is 0 Å². The Morgan fingerprint density at radius 2 is 1.90 bits per heavy atom. The van der Waals surface area contributed by atoms with Gasteiger partial charge in [-0.05, 0) is 43.3 Å². The highest BCUT2D eigenvalue weighted by Crippen LogP contribution is 2.31. The van der Waals surface area contributed by atoms with E-state index in [9.17, 15) is 4.39 Å². The third-order valence-electron chi connectivity index (χ3n) is 3.65. The Morgan fingerprint density at radius 3 is 2.65 bits per heavy atom. The summed E-state index contributed by atoms with van der Waals surface area (Å²) in [5.41, 5.74) is 3.91. The first-order chi connectivity index (χ1) is 9.70. The molecule has 3 heteroatoms. The fraction of sp³-hybridized carbons (Fsp3) is 0.176. The summed E-state index contributed by atoms with van der Waals surface area (Å²) in [6.07, 6.45) is 1.77. The molecule has 3 rings (SSSR count). The molecule has 0 saturated heterocycles. The van der Waals surface area contributed by atoms with Crippen LogP contribution in [0.15, 0.2) is 53.1 Å². The molecule has 1 heterocycles. The number of hydrogen-bond donors (Lipinski definition) is 1. The number of nitrogens with one attached hydrogen (secondary N) is 1. The molecule has 0 spiro atoms. The van der Waals surface area contributed by atoms with Gasteiger partial charge in [0.25, 0.3) is 0 Å². The second-order valence-electron chi connectivity index (χ2n) is 4.91. The molecule has 1 unspecified atom stereocenters. The topological polar surface area (TPSA) is 25.2 Å². The van der Waals surface area contributed by atoms with Crippen molar-refractivity contribution in [1.29, 1.82) is 0 Å². The van der Waals surface area contributed by atoms with Gasteiger partial charge in [0.1, 0.15) is 11.4 Å². The quantitative estimate of drug-likeness (QED) is 0.771. The minimum absolute atomic E-state index is 0.0146. The van der Waals surface area contributed by atoms with Gasteiger partial charge in [0, 0.05) is 10.9 Å². The van der Waals surface area contributed by atoms with E-state index in [0.717, 1.165) is 27.7 Å². The van der Waals surface area contributed by atoms with Crippen LogP contribution in [0.5, 0.6) is 0 Å². The summed E-state index contributed by atoms with van der Waals surface area (Å²) < 4.78 is 18.9. The van der Waals surface area contributed by atoms with Gasteiger partial charge < -0.3 is 9.73 Å². The fourth-order valence-corrected chi connectivity index (χ4v) is 2.66. The Bertz CT molecular complexity index is 748. The van der Waals surface area contributed by atoms with Gasteiger partial charge in [-0.25, -0.2) is 4.39 Å². The van der Waals surface area contributed by atoms with Crippen LogP contribution >= 0.6 is 0 Å². The number of hydrogen-bond acceptors (Lipinski definition) is 2. The van der Waals surface area contributed by atoms with Crippen molar-refractivity contribution < 1.29 is 8.81 Å². The summed E-state index contributed by atoms with van der Waals surface area (Å²) in [6.45, 7) is 1.92. The zero-order chi connectivity index (χ0) is 14.1. The lowest BCUT2D eigenvalue weighted by Gasteiger charge is -2.18. The lowest BCUT2D eigenvalue weighted by atomic mass is 9.95. The van der Waals surface area contributed by atoms with Crippen LogP contribution in [0.2, 0.25) is 0 Å². The standard InChI is InChI=1S/C17H16FNO/c1-11-9-12(18)7-8-13(11)17(19-2)15-10-20-16-6-4-3-5-14(15)16/h3-10,17,19H,1-2H3. The van der Waals surface area contributed by atoms with Crippen LogP contribution in [0.4, 0.5) is 4.39 Å². The highest BCUT2D eigenvalue weighted by Gasteiger charge is 2.19. The first-order valence-electron chi connectivity index (χ1n) is 6.60. The van der Waals surface area contributed by atoms with Gasteiger partial charge in [-0.2, -0.15) is 0 Å². The molecule has 0 aliphatic carbocycles. The molecule has 102 valence electrons. The van der Waals surface area contributed by atoms with Crippen LogP contribution in [0.1, 0.15) is 22.7 Å². The average molecular weight is 269 g/mol. The molecule has 2 aromatic carbocycles. The van der Waals surface area contributed by atoms with E-state index in [2.05, 4.69) is 5.32 Å². The van der Waals surface area contributed by atoms with E-state index in [1.807, 2.05) is 44.3 Å². The smallest absolute Gasteiger partial charge is 0.134 e. The molecule has 0 amide bonds. The molecule has 0 fully saturated rings. The van der Waals surface area contributed by atoms with E-state index in [0.29, 0.717) is 0 Å². The molecule has 1 N–H and O–H groups in total. The number of fused-ring (bicyclic) bond motifs is 1. The molecule has 0 saturated carbocycles. The summed E-state index contributed by atoms with van der Waals surface area (Å²) >= 11 is 0. The van der Waals surface area contributed by atoms with Gasteiger partial charge in [0.05, 0.1) is 12.3 Å². The van der Waals surface area contributed by atoms with Crippen LogP contribution in [-0.2, 0) is 0 Å². The second-order valence-corrected chi connectivity index (χ2v) is 4.91. The first-order valence-corrected chi connectivity index (χ1v) is 6.60. The zero-order valence-corrected chi connectivity index (χ0v) is 11.5. The normalized spacial score (nSPS) is 12.8. The Morgan fingerprint density at radius 1 is 1.10 bits per heavy atom. The van der Waals surface area contributed by atoms with Crippen LogP contribution in [-0.4, -0.2) is 7.05 Å². The molecule has 1 atom stereocenters. The molecule has 0 aliphatic heterocycles. The third-order valence-corrected chi connectivity index (χ3v) is 3.65. The molecule has 0 bridgehead atoms. The van der Waals surface area contributed by atoms with Crippen molar-refractivity contribution in [2.24, 2.45) is 0 Å². The Balaban J connectivity index is 2.14. The largest absolute Gasteiger partial charge is 0.464 e. The van der Waals surface area contributed by atoms with Gasteiger partial charge in [-0.3, -0.25) is 0 Å². The molecule has 3 aromatic rings. The zero-order valence-electron chi connectivity index (χ0n) is 11.5. The number of para-hydroxylation sites is 1. The van der Waals surface area contributed by atoms with Crippen molar-refractivity contribution in [1.82, 2.24) is 5.32 Å². The SMILES string of the molecule is CNC(c1ccc(F)cc1C)c1coc2ccccc12. The highest BCUT2D eigenvalue weighted by molar-refractivity contribution is 5.82. The summed E-state index contributed by atoms with van der Waals surface area (Å²) in [5.74, 6) is -0.210. The minimum atomic E-state index is -0.210. The molecular weight excluding hydrogens is 253 g/mol. The summed E-state index contributed by atoms with van der Waals surface area (Å²) in [6, 6.07) is 12.8. The van der Waals surface area contributed by atoms with Crippen molar-refractivity contribution in [2.75, 3.05) is 7.05 Å². The molecule has 2 nitrogen and oxygen atoms in total. The van der Waals surface area contributed by atoms with E-state index in [-0.39, 0.29) is 11.9 Å². The van der Waals surface area contributed by atoms with Gasteiger partial charge >= 0.3 is 0 Å². The molecule has 0 aliphatic rings. The van der Waals surface area contributed by atoms with Crippen LogP contribution < -0.4 is 5.32 Å². The lowest BCUT2D eigenvalue weighted by molar-refractivity contribution is 0.594. The van der Waals surface area contributed by atoms with E-state index < -0.39 is 0 Å². The van der Waals surface area contributed by atoms with Crippen LogP contribution in [0.25, 0.3) is 11.0 Å². The van der Waals surface area contributed by atoms with Crippen LogP contribution in [0.3, 0.4) is 0 Å². The number of rotatable bonds is 3. The highest BCUT2D eigenvalue weighted by atomic mass is 19.1. The average Bonchev–Trinajstić information content (AvgIpc) is 2.86. The number of halogens is 1. The van der Waals surface area contributed by atoms with Gasteiger partial charge in [-0.15, -0.1) is 0 Å². The second kappa shape index (κ2) is 5.10. The molecule has 1 aromatic heterocycles. The van der Waals surface area contributed by atoms with Crippen LogP contribution in [0, 0.1) is 12.7 Å². The van der Waals surface area contributed by atoms with Gasteiger partial charge in [-0.1, -0.05) is 24.3 Å². The maximum atomic E-state index is 13.3. The molecule has 20 heavy (non-hydrogen) atoms. The van der Waals surface area contributed by atoms with E-state index in [1.54, 1.807) is 12.3 Å². The summed E-state index contributed by atoms with van der Waals surface area (Å²) in [4.78, 5) is 0. The van der Waals surface area contributed by atoms with Gasteiger partial charge in [0.15, 0.2) is 0 Å². The van der Waals surface area contributed by atoms with Crippen molar-refractivity contribution in [3.05, 3.63) is 71.2 Å². The predicted molar refractivity (Wildman–Crippen MR) is 78.3 cm³/mol. The van der Waals surface area contributed by atoms with Gasteiger partial charge in [0.2, 0.25) is 0 Å². The maximum Gasteiger partial charge on any atom is 0.134 e. The van der Waals surface area contributed by atoms with Crippen molar-refractivity contribution >= 4 is 11.0 Å². The Kier molecular flexibility index (Phi) is 3.28. The maximum absolute atomic E-state index is 13.3. The van der Waals surface area contributed by atoms with Crippen molar-refractivity contribution in [2.45, 2.75) is 13.0 Å². The summed E-state index contributed by atoms with van der Waals surface area (Å²) in [5, 5.41) is 4.37.